The van der Waals surface area contributed by atoms with Gasteiger partial charge in [-0.05, 0) is 42.7 Å². The Labute approximate surface area is 156 Å². The van der Waals surface area contributed by atoms with Crippen molar-refractivity contribution in [3.8, 4) is 0 Å². The molecule has 4 amide bonds. The van der Waals surface area contributed by atoms with Crippen molar-refractivity contribution in [2.45, 2.75) is 31.6 Å². The summed E-state index contributed by atoms with van der Waals surface area (Å²) in [4.78, 5) is 50.4. The van der Waals surface area contributed by atoms with Crippen molar-refractivity contribution in [2.24, 2.45) is 0 Å². The Morgan fingerprint density at radius 2 is 1.52 bits per heavy atom. The molecular weight excluding hydrogens is 344 g/mol. The van der Waals surface area contributed by atoms with Gasteiger partial charge in [0.05, 0.1) is 22.2 Å². The molecule has 1 saturated heterocycles. The lowest BCUT2D eigenvalue weighted by molar-refractivity contribution is -0.138. The Kier molecular flexibility index (Phi) is 3.91. The summed E-state index contributed by atoms with van der Waals surface area (Å²) in [5.74, 6) is -1.26. The number of carbonyl (C=O) groups is 4. The third-order valence-corrected chi connectivity index (χ3v) is 5.54. The standard InChI is InChI=1S/C21H18N2O4/c1-2-21(12-11-17(24)22-20(21)27)13-7-9-14(10-8-13)23-18(25)15-5-3-4-6-16(15)19(23)26/h3-10H,2,11-12H2,1H3,(H,22,24,27). The largest absolute Gasteiger partial charge is 0.296 e. The van der Waals surface area contributed by atoms with E-state index >= 15 is 0 Å². The van der Waals surface area contributed by atoms with E-state index < -0.39 is 5.41 Å². The van der Waals surface area contributed by atoms with Crippen LogP contribution in [0.15, 0.2) is 48.5 Å². The minimum Gasteiger partial charge on any atom is -0.296 e. The monoisotopic (exact) mass is 362 g/mol. The third-order valence-electron chi connectivity index (χ3n) is 5.54. The average molecular weight is 362 g/mol. The number of hydrogen-bond acceptors (Lipinski definition) is 4. The Balaban J connectivity index is 1.67. The average Bonchev–Trinajstić information content (AvgIpc) is 2.94. The summed E-state index contributed by atoms with van der Waals surface area (Å²) in [5, 5.41) is 2.42. The van der Waals surface area contributed by atoms with Gasteiger partial charge in [-0.3, -0.25) is 24.5 Å². The molecule has 2 aromatic carbocycles. The van der Waals surface area contributed by atoms with Crippen molar-refractivity contribution in [3.05, 3.63) is 65.2 Å². The van der Waals surface area contributed by atoms with E-state index in [4.69, 9.17) is 0 Å². The van der Waals surface area contributed by atoms with Crippen LogP contribution in [0.4, 0.5) is 5.69 Å². The second-order valence-electron chi connectivity index (χ2n) is 6.85. The van der Waals surface area contributed by atoms with Gasteiger partial charge in [0.1, 0.15) is 0 Å². The fourth-order valence-corrected chi connectivity index (χ4v) is 3.92. The van der Waals surface area contributed by atoms with Crippen molar-refractivity contribution < 1.29 is 19.2 Å². The second kappa shape index (κ2) is 6.16. The molecule has 1 unspecified atom stereocenters. The number of amides is 4. The summed E-state index contributed by atoms with van der Waals surface area (Å²) in [6.45, 7) is 1.91. The van der Waals surface area contributed by atoms with Crippen molar-refractivity contribution in [2.75, 3.05) is 4.90 Å². The fraction of sp³-hybridized carbons (Fsp3) is 0.238. The minimum atomic E-state index is -0.769. The first kappa shape index (κ1) is 17.1. The highest BCUT2D eigenvalue weighted by Crippen LogP contribution is 2.37. The molecule has 2 aliphatic heterocycles. The van der Waals surface area contributed by atoms with Crippen LogP contribution in [0.2, 0.25) is 0 Å². The van der Waals surface area contributed by atoms with Gasteiger partial charge in [0.2, 0.25) is 11.8 Å². The van der Waals surface area contributed by atoms with Crippen LogP contribution in [0, 0.1) is 0 Å². The number of benzene rings is 2. The number of fused-ring (bicyclic) bond motifs is 1. The van der Waals surface area contributed by atoms with Gasteiger partial charge in [-0.15, -0.1) is 0 Å². The number of imide groups is 2. The molecule has 2 aromatic rings. The van der Waals surface area contributed by atoms with E-state index in [1.54, 1.807) is 48.5 Å². The van der Waals surface area contributed by atoms with Crippen molar-refractivity contribution >= 4 is 29.3 Å². The summed E-state index contributed by atoms with van der Waals surface area (Å²) in [6, 6.07) is 13.6. The Hall–Kier alpha value is -3.28. The first-order chi connectivity index (χ1) is 13.0. The summed E-state index contributed by atoms with van der Waals surface area (Å²) in [7, 11) is 0. The molecule has 0 aliphatic carbocycles. The smallest absolute Gasteiger partial charge is 0.266 e. The molecular formula is C21H18N2O4. The van der Waals surface area contributed by atoms with Gasteiger partial charge in [-0.25, -0.2) is 4.90 Å². The zero-order valence-corrected chi connectivity index (χ0v) is 14.8. The van der Waals surface area contributed by atoms with Gasteiger partial charge in [0.15, 0.2) is 0 Å². The second-order valence-corrected chi connectivity index (χ2v) is 6.85. The highest BCUT2D eigenvalue weighted by Gasteiger charge is 2.43. The summed E-state index contributed by atoms with van der Waals surface area (Å²) in [6.07, 6.45) is 1.29. The molecule has 6 heteroatoms. The predicted molar refractivity (Wildman–Crippen MR) is 98.4 cm³/mol. The van der Waals surface area contributed by atoms with Gasteiger partial charge in [-0.2, -0.15) is 0 Å². The van der Waals surface area contributed by atoms with E-state index in [9.17, 15) is 19.2 Å². The summed E-state index contributed by atoms with van der Waals surface area (Å²) >= 11 is 0. The van der Waals surface area contributed by atoms with Crippen LogP contribution in [0.3, 0.4) is 0 Å². The lowest BCUT2D eigenvalue weighted by Crippen LogP contribution is -2.51. The van der Waals surface area contributed by atoms with Crippen molar-refractivity contribution in [3.63, 3.8) is 0 Å². The molecule has 27 heavy (non-hydrogen) atoms. The number of rotatable bonds is 3. The van der Waals surface area contributed by atoms with Gasteiger partial charge in [-0.1, -0.05) is 31.2 Å². The number of hydrogen-bond donors (Lipinski definition) is 1. The van der Waals surface area contributed by atoms with Crippen LogP contribution in [-0.4, -0.2) is 23.6 Å². The van der Waals surface area contributed by atoms with Crippen molar-refractivity contribution in [1.82, 2.24) is 5.32 Å². The molecule has 0 bridgehead atoms. The van der Waals surface area contributed by atoms with Gasteiger partial charge >= 0.3 is 0 Å². The van der Waals surface area contributed by atoms with Crippen LogP contribution in [0.25, 0.3) is 0 Å². The SMILES string of the molecule is CCC1(c2ccc(N3C(=O)c4ccccc4C3=O)cc2)CCC(=O)NC1=O. The first-order valence-electron chi connectivity index (χ1n) is 8.90. The highest BCUT2D eigenvalue weighted by molar-refractivity contribution is 6.34. The maximum atomic E-state index is 12.6. The number of piperidine rings is 1. The zero-order valence-electron chi connectivity index (χ0n) is 14.8. The van der Waals surface area contributed by atoms with Crippen molar-refractivity contribution in [1.29, 1.82) is 0 Å². The molecule has 0 aromatic heterocycles. The Morgan fingerprint density at radius 3 is 2.04 bits per heavy atom. The molecule has 4 rings (SSSR count). The minimum absolute atomic E-state index is 0.258. The molecule has 1 atom stereocenters. The molecule has 2 aliphatic rings. The highest BCUT2D eigenvalue weighted by atomic mass is 16.2. The molecule has 0 spiro atoms. The maximum absolute atomic E-state index is 12.6. The molecule has 6 nitrogen and oxygen atoms in total. The third kappa shape index (κ3) is 2.48. The van der Waals surface area contributed by atoms with E-state index in [0.717, 1.165) is 10.5 Å². The number of nitrogens with one attached hydrogen (secondary N) is 1. The quantitative estimate of drug-likeness (QED) is 0.851. The molecule has 136 valence electrons. The zero-order chi connectivity index (χ0) is 19.2. The Bertz CT molecular complexity index is 945. The lowest BCUT2D eigenvalue weighted by atomic mass is 9.72. The Morgan fingerprint density at radius 1 is 0.926 bits per heavy atom. The van der Waals surface area contributed by atoms with E-state index in [1.165, 1.54) is 0 Å². The summed E-state index contributed by atoms with van der Waals surface area (Å²) in [5.41, 5.74) is 1.25. The number of carbonyl (C=O) groups excluding carboxylic acids is 4. The first-order valence-corrected chi connectivity index (χ1v) is 8.90. The number of nitrogens with zero attached hydrogens (tertiary/aromatic N) is 1. The van der Waals surface area contributed by atoms with Crippen LogP contribution in [0.1, 0.15) is 52.5 Å². The van der Waals surface area contributed by atoms with Crippen LogP contribution in [-0.2, 0) is 15.0 Å². The molecule has 1 N–H and O–H groups in total. The van der Waals surface area contributed by atoms with Gasteiger partial charge < -0.3 is 0 Å². The van der Waals surface area contributed by atoms with E-state index in [-0.39, 0.29) is 23.6 Å². The molecule has 2 heterocycles. The van der Waals surface area contributed by atoms with Gasteiger partial charge in [0.25, 0.3) is 11.8 Å². The molecule has 0 saturated carbocycles. The predicted octanol–water partition coefficient (Wildman–Crippen LogP) is 2.57. The van der Waals surface area contributed by atoms with E-state index in [1.807, 2.05) is 6.92 Å². The lowest BCUT2D eigenvalue weighted by Gasteiger charge is -2.35. The van der Waals surface area contributed by atoms with Crippen LogP contribution >= 0.6 is 0 Å². The van der Waals surface area contributed by atoms with Gasteiger partial charge in [0, 0.05) is 6.42 Å². The normalized spacial score (nSPS) is 22.0. The van der Waals surface area contributed by atoms with E-state index in [2.05, 4.69) is 5.32 Å². The topological polar surface area (TPSA) is 83.6 Å². The van der Waals surface area contributed by atoms with Crippen LogP contribution < -0.4 is 10.2 Å². The summed E-state index contributed by atoms with van der Waals surface area (Å²) < 4.78 is 0. The van der Waals surface area contributed by atoms with Crippen LogP contribution in [0.5, 0.6) is 0 Å². The maximum Gasteiger partial charge on any atom is 0.266 e. The van der Waals surface area contributed by atoms with E-state index in [0.29, 0.717) is 36.1 Å². The molecule has 1 fully saturated rings. The number of anilines is 1. The molecule has 0 radical (unpaired) electrons. The fourth-order valence-electron chi connectivity index (χ4n) is 3.92.